The van der Waals surface area contributed by atoms with Crippen molar-refractivity contribution >= 4 is 11.8 Å². The second-order valence-electron chi connectivity index (χ2n) is 4.80. The van der Waals surface area contributed by atoms with E-state index in [1.54, 1.807) is 0 Å². The van der Waals surface area contributed by atoms with Crippen molar-refractivity contribution in [3.05, 3.63) is 18.0 Å². The monoisotopic (exact) mass is 269 g/mol. The Kier molecular flexibility index (Phi) is 5.05. The third kappa shape index (κ3) is 3.26. The summed E-state index contributed by atoms with van der Waals surface area (Å²) in [5, 5.41) is 4.32. The van der Waals surface area contributed by atoms with Gasteiger partial charge in [0, 0.05) is 42.9 Å². The van der Waals surface area contributed by atoms with Gasteiger partial charge in [0.15, 0.2) is 0 Å². The van der Waals surface area contributed by atoms with Crippen LogP contribution in [-0.4, -0.2) is 51.9 Å². The van der Waals surface area contributed by atoms with Crippen molar-refractivity contribution in [3.63, 3.8) is 0 Å². The lowest BCUT2D eigenvalue weighted by atomic mass is 10.0. The molecular weight excluding hydrogens is 246 g/mol. The van der Waals surface area contributed by atoms with Gasteiger partial charge >= 0.3 is 0 Å². The minimum absolute atomic E-state index is 0.289. The highest BCUT2D eigenvalue weighted by Crippen LogP contribution is 2.19. The van der Waals surface area contributed by atoms with Crippen LogP contribution in [0.1, 0.15) is 12.5 Å². The van der Waals surface area contributed by atoms with E-state index in [0.717, 1.165) is 25.3 Å². The predicted molar refractivity (Wildman–Crippen MR) is 76.5 cm³/mol. The maximum absolute atomic E-state index is 5.74. The molecule has 2 atom stereocenters. The molecule has 1 fully saturated rings. The van der Waals surface area contributed by atoms with Gasteiger partial charge in [-0.1, -0.05) is 0 Å². The van der Waals surface area contributed by atoms with Crippen LogP contribution in [0.15, 0.2) is 12.4 Å². The van der Waals surface area contributed by atoms with E-state index in [1.165, 1.54) is 11.3 Å². The quantitative estimate of drug-likeness (QED) is 0.596. The summed E-state index contributed by atoms with van der Waals surface area (Å²) in [6, 6.07) is 0.788. The molecule has 1 aliphatic rings. The van der Waals surface area contributed by atoms with Crippen LogP contribution >= 0.6 is 11.8 Å². The van der Waals surface area contributed by atoms with Crippen molar-refractivity contribution in [3.8, 4) is 0 Å². The Hall–Kier alpha value is -0.560. The lowest BCUT2D eigenvalue weighted by Gasteiger charge is -2.37. The van der Waals surface area contributed by atoms with Crippen molar-refractivity contribution in [2.75, 3.05) is 25.1 Å². The molecule has 0 bridgehead atoms. The van der Waals surface area contributed by atoms with Crippen molar-refractivity contribution in [1.29, 1.82) is 0 Å². The molecule has 2 unspecified atom stereocenters. The van der Waals surface area contributed by atoms with Gasteiger partial charge in [-0.2, -0.15) is 16.9 Å². The average molecular weight is 269 g/mol. The van der Waals surface area contributed by atoms with Gasteiger partial charge in [0.2, 0.25) is 0 Å². The summed E-state index contributed by atoms with van der Waals surface area (Å²) in [6.45, 7) is 4.16. The molecule has 1 aromatic heterocycles. The van der Waals surface area contributed by atoms with Gasteiger partial charge in [-0.25, -0.2) is 0 Å². The Morgan fingerprint density at radius 1 is 1.67 bits per heavy atom. The zero-order valence-corrected chi connectivity index (χ0v) is 12.0. The summed E-state index contributed by atoms with van der Waals surface area (Å²) in [7, 11) is 2.18. The predicted octanol–water partition coefficient (Wildman–Crippen LogP) is 0.325. The number of nitrogens with one attached hydrogen (secondary N) is 1. The zero-order valence-electron chi connectivity index (χ0n) is 11.2. The molecule has 0 spiro atoms. The topological polar surface area (TPSA) is 59.1 Å². The van der Waals surface area contributed by atoms with Crippen LogP contribution in [0.25, 0.3) is 0 Å². The van der Waals surface area contributed by atoms with Gasteiger partial charge < -0.3 is 4.90 Å². The molecule has 18 heavy (non-hydrogen) atoms. The van der Waals surface area contributed by atoms with Crippen LogP contribution in [-0.2, 0) is 13.0 Å². The lowest BCUT2D eigenvalue weighted by Crippen LogP contribution is -2.55. The highest BCUT2D eigenvalue weighted by molar-refractivity contribution is 7.99. The molecule has 0 aliphatic carbocycles. The smallest absolute Gasteiger partial charge is 0.0522 e. The van der Waals surface area contributed by atoms with Crippen molar-refractivity contribution in [2.45, 2.75) is 32.0 Å². The average Bonchev–Trinajstić information content (AvgIpc) is 2.85. The Balaban J connectivity index is 1.99. The van der Waals surface area contributed by atoms with E-state index in [2.05, 4.69) is 35.6 Å². The molecule has 2 rings (SSSR count). The minimum Gasteiger partial charge on any atom is -0.300 e. The minimum atomic E-state index is 0.289. The Labute approximate surface area is 113 Å². The lowest BCUT2D eigenvalue weighted by molar-refractivity contribution is 0.214. The summed E-state index contributed by atoms with van der Waals surface area (Å²) < 4.78 is 1.96. The molecule has 2 heterocycles. The highest BCUT2D eigenvalue weighted by atomic mass is 32.2. The molecule has 1 aliphatic heterocycles. The number of thioether (sulfide) groups is 1. The number of likely N-dealkylation sites (N-methyl/N-ethyl adjacent to an activating group) is 1. The second-order valence-corrected chi connectivity index (χ2v) is 5.95. The van der Waals surface area contributed by atoms with E-state index in [-0.39, 0.29) is 6.04 Å². The zero-order chi connectivity index (χ0) is 13.0. The number of aryl methyl sites for hydroxylation is 1. The molecule has 5 nitrogen and oxygen atoms in total. The van der Waals surface area contributed by atoms with E-state index in [0.29, 0.717) is 6.04 Å². The van der Waals surface area contributed by atoms with Gasteiger partial charge in [-0.05, 0) is 26.0 Å². The Bertz CT molecular complexity index is 367. The van der Waals surface area contributed by atoms with Crippen LogP contribution in [0.3, 0.4) is 0 Å². The van der Waals surface area contributed by atoms with E-state index < -0.39 is 0 Å². The third-order valence-corrected chi connectivity index (χ3v) is 4.64. The Morgan fingerprint density at radius 2 is 2.50 bits per heavy atom. The van der Waals surface area contributed by atoms with E-state index in [9.17, 15) is 0 Å². The fourth-order valence-electron chi connectivity index (χ4n) is 2.37. The molecule has 1 saturated heterocycles. The van der Waals surface area contributed by atoms with Crippen molar-refractivity contribution in [2.24, 2.45) is 5.84 Å². The number of nitrogens with zero attached hydrogens (tertiary/aromatic N) is 3. The van der Waals surface area contributed by atoms with Crippen LogP contribution in [0, 0.1) is 0 Å². The van der Waals surface area contributed by atoms with Crippen LogP contribution < -0.4 is 11.3 Å². The molecule has 0 aromatic carbocycles. The van der Waals surface area contributed by atoms with Gasteiger partial charge in [-0.15, -0.1) is 0 Å². The normalized spacial score (nSPS) is 23.2. The molecule has 0 saturated carbocycles. The SMILES string of the molecule is CCn1cc(CC(NN)C2CSCCN2C)cn1. The molecule has 3 N–H and O–H groups in total. The first-order valence-electron chi connectivity index (χ1n) is 6.50. The van der Waals surface area contributed by atoms with Crippen LogP contribution in [0.2, 0.25) is 0 Å². The second kappa shape index (κ2) is 6.56. The fourth-order valence-corrected chi connectivity index (χ4v) is 3.69. The highest BCUT2D eigenvalue weighted by Gasteiger charge is 2.27. The number of hydrazine groups is 1. The first kappa shape index (κ1) is 13.9. The summed E-state index contributed by atoms with van der Waals surface area (Å²) >= 11 is 2.01. The number of hydrogen-bond donors (Lipinski definition) is 2. The largest absolute Gasteiger partial charge is 0.300 e. The number of nitrogens with two attached hydrogens (primary N) is 1. The molecule has 0 amide bonds. The maximum Gasteiger partial charge on any atom is 0.0522 e. The standard InChI is InChI=1S/C12H23N5S/c1-3-17-8-10(7-14-17)6-11(15-13)12-9-18-5-4-16(12)2/h7-8,11-12,15H,3-6,9,13H2,1-2H3. The van der Waals surface area contributed by atoms with Crippen LogP contribution in [0.4, 0.5) is 0 Å². The first-order chi connectivity index (χ1) is 8.74. The van der Waals surface area contributed by atoms with Crippen molar-refractivity contribution in [1.82, 2.24) is 20.1 Å². The summed E-state index contributed by atoms with van der Waals surface area (Å²) in [5.41, 5.74) is 4.24. The molecular formula is C12H23N5S. The molecule has 102 valence electrons. The van der Waals surface area contributed by atoms with E-state index in [1.807, 2.05) is 22.6 Å². The maximum atomic E-state index is 5.74. The van der Waals surface area contributed by atoms with Gasteiger partial charge in [-0.3, -0.25) is 16.0 Å². The first-order valence-corrected chi connectivity index (χ1v) is 7.65. The third-order valence-electron chi connectivity index (χ3n) is 3.59. The summed E-state index contributed by atoms with van der Waals surface area (Å²) in [5.74, 6) is 8.11. The molecule has 6 heteroatoms. The van der Waals surface area contributed by atoms with Gasteiger partial charge in [0.1, 0.15) is 0 Å². The van der Waals surface area contributed by atoms with Gasteiger partial charge in [0.05, 0.1) is 6.20 Å². The summed E-state index contributed by atoms with van der Waals surface area (Å²) in [4.78, 5) is 2.41. The fraction of sp³-hybridized carbons (Fsp3) is 0.750. The van der Waals surface area contributed by atoms with Crippen LogP contribution in [0.5, 0.6) is 0 Å². The Morgan fingerprint density at radius 3 is 3.11 bits per heavy atom. The summed E-state index contributed by atoms with van der Waals surface area (Å²) in [6.07, 6.45) is 5.00. The number of aromatic nitrogens is 2. The van der Waals surface area contributed by atoms with E-state index in [4.69, 9.17) is 5.84 Å². The molecule has 1 aromatic rings. The van der Waals surface area contributed by atoms with E-state index >= 15 is 0 Å². The number of hydrogen-bond acceptors (Lipinski definition) is 5. The van der Waals surface area contributed by atoms with Gasteiger partial charge in [0.25, 0.3) is 0 Å². The van der Waals surface area contributed by atoms with Crippen molar-refractivity contribution < 1.29 is 0 Å². The molecule has 0 radical (unpaired) electrons. The number of rotatable bonds is 5.